The molecule has 1 aromatic carbocycles. The van der Waals surface area contributed by atoms with Gasteiger partial charge < -0.3 is 9.64 Å². The summed E-state index contributed by atoms with van der Waals surface area (Å²) in [6.07, 6.45) is 5.43. The number of piperidine rings is 1. The highest BCUT2D eigenvalue weighted by Gasteiger charge is 2.28. The summed E-state index contributed by atoms with van der Waals surface area (Å²) < 4.78 is 19.5. The zero-order valence-electron chi connectivity index (χ0n) is 13.6. The maximum Gasteiger partial charge on any atom is 0.241 e. The molecule has 0 bridgehead atoms. The van der Waals surface area contributed by atoms with Crippen molar-refractivity contribution in [1.29, 1.82) is 0 Å². The Morgan fingerprint density at radius 3 is 2.92 bits per heavy atom. The van der Waals surface area contributed by atoms with E-state index in [0.29, 0.717) is 24.5 Å². The van der Waals surface area contributed by atoms with Crippen molar-refractivity contribution in [3.63, 3.8) is 0 Å². The molecule has 0 radical (unpaired) electrons. The number of hydrogen-bond donors (Lipinski definition) is 0. The van der Waals surface area contributed by atoms with Crippen LogP contribution in [0.1, 0.15) is 37.8 Å². The number of benzene rings is 1. The Balaban J connectivity index is 1.84. The fourth-order valence-electron chi connectivity index (χ4n) is 2.98. The molecule has 1 fully saturated rings. The van der Waals surface area contributed by atoms with Gasteiger partial charge in [-0.05, 0) is 25.0 Å². The van der Waals surface area contributed by atoms with Crippen molar-refractivity contribution in [3.8, 4) is 11.6 Å². The molecule has 24 heavy (non-hydrogen) atoms. The molecule has 126 valence electrons. The number of aromatic nitrogens is 2. The maximum absolute atomic E-state index is 13.8. The van der Waals surface area contributed by atoms with E-state index in [1.165, 1.54) is 12.3 Å². The molecule has 0 N–H and O–H groups in total. The number of para-hydroxylation sites is 1. The SMILES string of the molecule is CCC(=O)N1CCC[C@@H](c2nccnc2Oc2ccccc2F)C1. The number of nitrogens with zero attached hydrogens (tertiary/aromatic N) is 3. The normalized spacial score (nSPS) is 17.6. The fourth-order valence-corrected chi connectivity index (χ4v) is 2.98. The maximum atomic E-state index is 13.8. The van der Waals surface area contributed by atoms with Gasteiger partial charge >= 0.3 is 0 Å². The molecule has 1 atom stereocenters. The van der Waals surface area contributed by atoms with Crippen LogP contribution in [0, 0.1) is 5.82 Å². The number of ether oxygens (including phenoxy) is 1. The van der Waals surface area contributed by atoms with E-state index in [2.05, 4.69) is 9.97 Å². The smallest absolute Gasteiger partial charge is 0.241 e. The van der Waals surface area contributed by atoms with Crippen LogP contribution in [-0.2, 0) is 4.79 Å². The van der Waals surface area contributed by atoms with Crippen molar-refractivity contribution in [3.05, 3.63) is 48.2 Å². The van der Waals surface area contributed by atoms with E-state index in [1.54, 1.807) is 24.4 Å². The second-order valence-electron chi connectivity index (χ2n) is 5.81. The minimum Gasteiger partial charge on any atom is -0.434 e. The standard InChI is InChI=1S/C18H20FN3O2/c1-2-16(23)22-11-5-6-13(12-22)17-18(21-10-9-20-17)24-15-8-4-3-7-14(15)19/h3-4,7-10,13H,2,5-6,11-12H2,1H3/t13-/m1/s1. The van der Waals surface area contributed by atoms with E-state index >= 15 is 0 Å². The van der Waals surface area contributed by atoms with E-state index in [-0.39, 0.29) is 17.6 Å². The molecule has 1 aromatic heterocycles. The first-order valence-corrected chi connectivity index (χ1v) is 8.20. The Hall–Kier alpha value is -2.50. The van der Waals surface area contributed by atoms with Crippen molar-refractivity contribution in [2.24, 2.45) is 0 Å². The van der Waals surface area contributed by atoms with Gasteiger partial charge in [-0.15, -0.1) is 0 Å². The zero-order valence-corrected chi connectivity index (χ0v) is 13.6. The second kappa shape index (κ2) is 7.38. The summed E-state index contributed by atoms with van der Waals surface area (Å²) in [5.74, 6) is 0.167. The van der Waals surface area contributed by atoms with Crippen molar-refractivity contribution >= 4 is 5.91 Å². The van der Waals surface area contributed by atoms with E-state index < -0.39 is 5.82 Å². The highest BCUT2D eigenvalue weighted by Crippen LogP contribution is 2.33. The molecular weight excluding hydrogens is 309 g/mol. The summed E-state index contributed by atoms with van der Waals surface area (Å²) in [6.45, 7) is 3.23. The zero-order chi connectivity index (χ0) is 16.9. The summed E-state index contributed by atoms with van der Waals surface area (Å²) in [5.41, 5.74) is 0.675. The van der Waals surface area contributed by atoms with Crippen LogP contribution in [0.3, 0.4) is 0 Å². The minimum absolute atomic E-state index is 0.0460. The summed E-state index contributed by atoms with van der Waals surface area (Å²) in [7, 11) is 0. The molecule has 6 heteroatoms. The Bertz CT molecular complexity index is 723. The molecule has 3 rings (SSSR count). The number of rotatable bonds is 4. The Morgan fingerprint density at radius 1 is 1.33 bits per heavy atom. The number of carbonyl (C=O) groups is 1. The van der Waals surface area contributed by atoms with E-state index in [1.807, 2.05) is 11.8 Å². The number of carbonyl (C=O) groups excluding carboxylic acids is 1. The average molecular weight is 329 g/mol. The Labute approximate surface area is 140 Å². The topological polar surface area (TPSA) is 55.3 Å². The van der Waals surface area contributed by atoms with Gasteiger partial charge in [-0.2, -0.15) is 0 Å². The third-order valence-corrected chi connectivity index (χ3v) is 4.20. The van der Waals surface area contributed by atoms with Gasteiger partial charge in [0.05, 0.1) is 0 Å². The lowest BCUT2D eigenvalue weighted by atomic mass is 9.94. The Kier molecular flexibility index (Phi) is 5.03. The minimum atomic E-state index is -0.444. The summed E-state index contributed by atoms with van der Waals surface area (Å²) in [5, 5.41) is 0. The van der Waals surface area contributed by atoms with Crippen LogP contribution >= 0.6 is 0 Å². The van der Waals surface area contributed by atoms with Gasteiger partial charge in [-0.3, -0.25) is 9.78 Å². The first-order chi connectivity index (χ1) is 11.7. The van der Waals surface area contributed by atoms with Gasteiger partial charge in [0.15, 0.2) is 11.6 Å². The largest absolute Gasteiger partial charge is 0.434 e. The highest BCUT2D eigenvalue weighted by molar-refractivity contribution is 5.76. The molecule has 0 spiro atoms. The average Bonchev–Trinajstić information content (AvgIpc) is 2.63. The second-order valence-corrected chi connectivity index (χ2v) is 5.81. The molecule has 0 aliphatic carbocycles. The van der Waals surface area contributed by atoms with Gasteiger partial charge in [-0.1, -0.05) is 19.1 Å². The van der Waals surface area contributed by atoms with Gasteiger partial charge in [0.25, 0.3) is 0 Å². The summed E-state index contributed by atoms with van der Waals surface area (Å²) in [6, 6.07) is 6.21. The van der Waals surface area contributed by atoms with Crippen LogP contribution in [0.4, 0.5) is 4.39 Å². The lowest BCUT2D eigenvalue weighted by Gasteiger charge is -2.32. The predicted octanol–water partition coefficient (Wildman–Crippen LogP) is 3.52. The van der Waals surface area contributed by atoms with Gasteiger partial charge in [0.1, 0.15) is 5.69 Å². The molecule has 1 aliphatic heterocycles. The van der Waals surface area contributed by atoms with Crippen molar-refractivity contribution in [2.75, 3.05) is 13.1 Å². The van der Waals surface area contributed by atoms with E-state index in [0.717, 1.165) is 19.4 Å². The lowest BCUT2D eigenvalue weighted by Crippen LogP contribution is -2.39. The molecule has 1 amide bonds. The van der Waals surface area contributed by atoms with Crippen molar-refractivity contribution in [1.82, 2.24) is 14.9 Å². The molecule has 1 aliphatic rings. The van der Waals surface area contributed by atoms with Gasteiger partial charge in [0.2, 0.25) is 11.8 Å². The van der Waals surface area contributed by atoms with Crippen molar-refractivity contribution in [2.45, 2.75) is 32.1 Å². The van der Waals surface area contributed by atoms with Crippen LogP contribution in [0.5, 0.6) is 11.6 Å². The van der Waals surface area contributed by atoms with Crippen LogP contribution in [-0.4, -0.2) is 33.9 Å². The quantitative estimate of drug-likeness (QED) is 0.861. The van der Waals surface area contributed by atoms with Gasteiger partial charge in [-0.25, -0.2) is 9.37 Å². The number of amides is 1. The van der Waals surface area contributed by atoms with E-state index in [9.17, 15) is 9.18 Å². The van der Waals surface area contributed by atoms with Crippen LogP contribution in [0.25, 0.3) is 0 Å². The van der Waals surface area contributed by atoms with Gasteiger partial charge in [0, 0.05) is 37.8 Å². The molecule has 0 unspecified atom stereocenters. The number of hydrogen-bond acceptors (Lipinski definition) is 4. The molecule has 2 heterocycles. The first-order valence-electron chi connectivity index (χ1n) is 8.20. The van der Waals surface area contributed by atoms with Crippen LogP contribution < -0.4 is 4.74 Å². The summed E-state index contributed by atoms with van der Waals surface area (Å²) in [4.78, 5) is 22.5. The number of likely N-dealkylation sites (tertiary alicyclic amines) is 1. The Morgan fingerprint density at radius 2 is 2.12 bits per heavy atom. The lowest BCUT2D eigenvalue weighted by molar-refractivity contribution is -0.132. The molecular formula is C18H20FN3O2. The van der Waals surface area contributed by atoms with Crippen LogP contribution in [0.15, 0.2) is 36.7 Å². The summed E-state index contributed by atoms with van der Waals surface area (Å²) >= 11 is 0. The molecule has 1 saturated heterocycles. The third kappa shape index (κ3) is 3.53. The fraction of sp³-hybridized carbons (Fsp3) is 0.389. The third-order valence-electron chi connectivity index (χ3n) is 4.20. The van der Waals surface area contributed by atoms with E-state index in [4.69, 9.17) is 4.74 Å². The predicted molar refractivity (Wildman–Crippen MR) is 87.4 cm³/mol. The highest BCUT2D eigenvalue weighted by atomic mass is 19.1. The monoisotopic (exact) mass is 329 g/mol. The molecule has 0 saturated carbocycles. The van der Waals surface area contributed by atoms with Crippen LogP contribution in [0.2, 0.25) is 0 Å². The van der Waals surface area contributed by atoms with Crippen molar-refractivity contribution < 1.29 is 13.9 Å². The molecule has 5 nitrogen and oxygen atoms in total. The number of halogens is 1. The first kappa shape index (κ1) is 16.4. The molecule has 2 aromatic rings.